The lowest BCUT2D eigenvalue weighted by Gasteiger charge is -2.39. The predicted molar refractivity (Wildman–Crippen MR) is 78.6 cm³/mol. The molecule has 5 heteroatoms. The molecular weight excluding hydrogens is 250 g/mol. The Morgan fingerprint density at radius 2 is 2.05 bits per heavy atom. The van der Waals surface area contributed by atoms with Crippen LogP contribution in [-0.4, -0.2) is 32.5 Å². The van der Waals surface area contributed by atoms with Crippen molar-refractivity contribution in [2.75, 3.05) is 11.4 Å². The third-order valence-corrected chi connectivity index (χ3v) is 4.89. The van der Waals surface area contributed by atoms with Gasteiger partial charge < -0.3 is 9.88 Å². The van der Waals surface area contributed by atoms with Crippen molar-refractivity contribution in [3.63, 3.8) is 0 Å². The minimum Gasteiger partial charge on any atom is -0.351 e. The summed E-state index contributed by atoms with van der Waals surface area (Å²) in [4.78, 5) is 18.7. The Labute approximate surface area is 118 Å². The summed E-state index contributed by atoms with van der Waals surface area (Å²) in [5.41, 5.74) is 2.57. The van der Waals surface area contributed by atoms with Crippen LogP contribution in [0.4, 0.5) is 5.82 Å². The van der Waals surface area contributed by atoms with E-state index in [0.717, 1.165) is 23.5 Å². The number of imidazole rings is 1. The number of fused-ring (bicyclic) bond motifs is 3. The Bertz CT molecular complexity index is 661. The van der Waals surface area contributed by atoms with Crippen molar-refractivity contribution >= 4 is 17.0 Å². The topological polar surface area (TPSA) is 57.7 Å². The molecule has 2 atom stereocenters. The van der Waals surface area contributed by atoms with E-state index in [1.165, 1.54) is 19.3 Å². The van der Waals surface area contributed by atoms with Gasteiger partial charge in [-0.05, 0) is 30.1 Å². The van der Waals surface area contributed by atoms with Gasteiger partial charge >= 0.3 is 0 Å². The smallest absolute Gasteiger partial charge is 0.182 e. The summed E-state index contributed by atoms with van der Waals surface area (Å²) in [7, 11) is 0. The van der Waals surface area contributed by atoms with Crippen LogP contribution in [0.15, 0.2) is 12.7 Å². The largest absolute Gasteiger partial charge is 0.351 e. The van der Waals surface area contributed by atoms with Crippen LogP contribution in [0.2, 0.25) is 0 Å². The monoisotopic (exact) mass is 271 g/mol. The molecule has 5 nitrogen and oxygen atoms in total. The molecule has 0 radical (unpaired) electrons. The summed E-state index contributed by atoms with van der Waals surface area (Å²) in [6.07, 6.45) is 7.15. The third kappa shape index (κ3) is 1.72. The Balaban J connectivity index is 1.79. The molecular formula is C15H21N5. The molecule has 2 aromatic rings. The maximum Gasteiger partial charge on any atom is 0.182 e. The molecule has 2 aliphatic rings. The summed E-state index contributed by atoms with van der Waals surface area (Å²) in [5, 5.41) is 0. The number of nitrogens with one attached hydrogen (secondary N) is 1. The molecule has 1 aliphatic heterocycles. The summed E-state index contributed by atoms with van der Waals surface area (Å²) < 4.78 is 0. The van der Waals surface area contributed by atoms with Gasteiger partial charge in [-0.25, -0.2) is 15.0 Å². The van der Waals surface area contributed by atoms with Crippen LogP contribution < -0.4 is 4.90 Å². The predicted octanol–water partition coefficient (Wildman–Crippen LogP) is 2.76. The van der Waals surface area contributed by atoms with Gasteiger partial charge in [0.25, 0.3) is 0 Å². The van der Waals surface area contributed by atoms with E-state index in [0.29, 0.717) is 16.9 Å². The molecule has 2 bridgehead atoms. The average Bonchev–Trinajstić information content (AvgIpc) is 2.89. The van der Waals surface area contributed by atoms with E-state index in [1.807, 2.05) is 0 Å². The van der Waals surface area contributed by atoms with E-state index >= 15 is 0 Å². The highest BCUT2D eigenvalue weighted by atomic mass is 15.3. The lowest BCUT2D eigenvalue weighted by Crippen LogP contribution is -2.35. The zero-order chi connectivity index (χ0) is 14.0. The zero-order valence-electron chi connectivity index (χ0n) is 12.3. The van der Waals surface area contributed by atoms with Gasteiger partial charge in [-0.1, -0.05) is 20.8 Å². The first-order chi connectivity index (χ1) is 9.46. The normalized spacial score (nSPS) is 31.9. The second-order valence-corrected chi connectivity index (χ2v) is 7.64. The van der Waals surface area contributed by atoms with Gasteiger partial charge in [-0.15, -0.1) is 0 Å². The van der Waals surface area contributed by atoms with Gasteiger partial charge in [0.2, 0.25) is 0 Å². The molecule has 2 aromatic heterocycles. The lowest BCUT2D eigenvalue weighted by molar-refractivity contribution is 0.136. The van der Waals surface area contributed by atoms with Crippen LogP contribution >= 0.6 is 0 Å². The number of rotatable bonds is 1. The number of hydrogen-bond donors (Lipinski definition) is 1. The van der Waals surface area contributed by atoms with Crippen LogP contribution in [0.1, 0.15) is 40.0 Å². The maximum absolute atomic E-state index is 4.54. The van der Waals surface area contributed by atoms with Crippen molar-refractivity contribution in [3.05, 3.63) is 12.7 Å². The number of aromatic nitrogens is 4. The van der Waals surface area contributed by atoms with E-state index in [1.54, 1.807) is 12.7 Å². The first-order valence-electron chi connectivity index (χ1n) is 7.37. The van der Waals surface area contributed by atoms with Crippen LogP contribution in [0.3, 0.4) is 0 Å². The van der Waals surface area contributed by atoms with Crippen LogP contribution in [-0.2, 0) is 0 Å². The first kappa shape index (κ1) is 12.1. The minimum atomic E-state index is 0.406. The molecule has 0 amide bonds. The molecule has 1 N–H and O–H groups in total. The molecule has 0 aromatic carbocycles. The molecule has 0 spiro atoms. The Kier molecular flexibility index (Phi) is 2.25. The molecule has 106 valence electrons. The average molecular weight is 271 g/mol. The molecule has 20 heavy (non-hydrogen) atoms. The van der Waals surface area contributed by atoms with Crippen molar-refractivity contribution in [2.24, 2.45) is 10.8 Å². The molecule has 2 unspecified atom stereocenters. The van der Waals surface area contributed by atoms with Crippen molar-refractivity contribution < 1.29 is 0 Å². The van der Waals surface area contributed by atoms with E-state index in [4.69, 9.17) is 0 Å². The molecule has 2 fully saturated rings. The Morgan fingerprint density at radius 1 is 1.20 bits per heavy atom. The SMILES string of the molecule is CC1(C)CC2CC(C)(CN2c2ncnc3nc[nH]c23)C1. The molecule has 1 saturated heterocycles. The fourth-order valence-electron chi connectivity index (χ4n) is 4.68. The van der Waals surface area contributed by atoms with Crippen molar-refractivity contribution in [1.82, 2.24) is 19.9 Å². The van der Waals surface area contributed by atoms with Crippen molar-refractivity contribution in [3.8, 4) is 0 Å². The highest BCUT2D eigenvalue weighted by Crippen LogP contribution is 2.53. The minimum absolute atomic E-state index is 0.406. The second kappa shape index (κ2) is 3.71. The third-order valence-electron chi connectivity index (χ3n) is 4.89. The molecule has 1 saturated carbocycles. The van der Waals surface area contributed by atoms with Crippen molar-refractivity contribution in [1.29, 1.82) is 0 Å². The summed E-state index contributed by atoms with van der Waals surface area (Å²) in [6, 6.07) is 0.588. The maximum atomic E-state index is 4.54. The van der Waals surface area contributed by atoms with E-state index < -0.39 is 0 Å². The highest BCUT2D eigenvalue weighted by molar-refractivity contribution is 5.83. The van der Waals surface area contributed by atoms with Crippen molar-refractivity contribution in [2.45, 2.75) is 46.1 Å². The van der Waals surface area contributed by atoms with E-state index in [2.05, 4.69) is 45.6 Å². The number of aromatic amines is 1. The first-order valence-corrected chi connectivity index (χ1v) is 7.37. The van der Waals surface area contributed by atoms with Gasteiger partial charge in [0.05, 0.1) is 6.33 Å². The fraction of sp³-hybridized carbons (Fsp3) is 0.667. The zero-order valence-corrected chi connectivity index (χ0v) is 12.3. The number of hydrogen-bond acceptors (Lipinski definition) is 4. The Hall–Kier alpha value is -1.65. The fourth-order valence-corrected chi connectivity index (χ4v) is 4.68. The second-order valence-electron chi connectivity index (χ2n) is 7.64. The standard InChI is InChI=1S/C15H21N5/c1-14(2)4-10-5-15(3,6-14)7-20(10)13-11-12(17-8-16-11)18-9-19-13/h8-10H,4-7H2,1-3H3,(H,16,17,18,19). The van der Waals surface area contributed by atoms with Gasteiger partial charge in [0, 0.05) is 12.6 Å². The van der Waals surface area contributed by atoms with Crippen LogP contribution in [0, 0.1) is 10.8 Å². The number of H-pyrrole nitrogens is 1. The summed E-state index contributed by atoms with van der Waals surface area (Å²) in [6.45, 7) is 8.30. The summed E-state index contributed by atoms with van der Waals surface area (Å²) in [5.74, 6) is 1.03. The van der Waals surface area contributed by atoms with Gasteiger partial charge in [0.15, 0.2) is 11.5 Å². The van der Waals surface area contributed by atoms with E-state index in [9.17, 15) is 0 Å². The quantitative estimate of drug-likeness (QED) is 0.866. The van der Waals surface area contributed by atoms with Crippen LogP contribution in [0.25, 0.3) is 11.2 Å². The number of nitrogens with zero attached hydrogens (tertiary/aromatic N) is 4. The highest BCUT2D eigenvalue weighted by Gasteiger charge is 2.50. The number of anilines is 1. The van der Waals surface area contributed by atoms with Gasteiger partial charge in [-0.3, -0.25) is 0 Å². The van der Waals surface area contributed by atoms with Gasteiger partial charge in [-0.2, -0.15) is 0 Å². The molecule has 1 aliphatic carbocycles. The molecule has 4 rings (SSSR count). The Morgan fingerprint density at radius 3 is 2.90 bits per heavy atom. The van der Waals surface area contributed by atoms with Crippen LogP contribution in [0.5, 0.6) is 0 Å². The summed E-state index contributed by atoms with van der Waals surface area (Å²) >= 11 is 0. The lowest BCUT2D eigenvalue weighted by atomic mass is 9.65. The van der Waals surface area contributed by atoms with E-state index in [-0.39, 0.29) is 0 Å². The molecule has 3 heterocycles. The van der Waals surface area contributed by atoms with Gasteiger partial charge in [0.1, 0.15) is 11.8 Å².